The van der Waals surface area contributed by atoms with E-state index in [2.05, 4.69) is 155 Å². The van der Waals surface area contributed by atoms with Gasteiger partial charge in [0, 0.05) is 34.9 Å². The Morgan fingerprint density at radius 1 is 0.648 bits per heavy atom. The Balaban J connectivity index is 1.26. The average molecular weight is 693 g/mol. The molecule has 1 aliphatic carbocycles. The van der Waals surface area contributed by atoms with E-state index in [-0.39, 0.29) is 24.3 Å². The van der Waals surface area contributed by atoms with E-state index in [1.807, 2.05) is 24.7 Å². The van der Waals surface area contributed by atoms with Crippen molar-refractivity contribution in [3.63, 3.8) is 0 Å². The first-order valence-electron chi connectivity index (χ1n) is 18.6. The largest absolute Gasteiger partial charge is 0.306 e. The molecule has 6 heteroatoms. The topological polar surface area (TPSA) is 58.7 Å². The molecule has 54 heavy (non-hydrogen) atoms. The lowest BCUT2D eigenvalue weighted by Gasteiger charge is -2.42. The van der Waals surface area contributed by atoms with E-state index in [4.69, 9.17) is 20.0 Å². The van der Waals surface area contributed by atoms with Gasteiger partial charge in [-0.2, -0.15) is 0 Å². The van der Waals surface area contributed by atoms with Gasteiger partial charge in [0.25, 0.3) is 0 Å². The molecule has 8 aromatic rings. The average Bonchev–Trinajstić information content (AvgIpc) is 3.71. The van der Waals surface area contributed by atoms with Gasteiger partial charge < -0.3 is 4.57 Å². The van der Waals surface area contributed by atoms with Gasteiger partial charge in [0.05, 0.1) is 29.1 Å². The number of hydrogen-bond donors (Lipinski definition) is 0. The molecule has 12 rings (SSSR count). The highest BCUT2D eigenvalue weighted by Gasteiger charge is 2.52. The van der Waals surface area contributed by atoms with Crippen molar-refractivity contribution < 1.29 is 0 Å². The van der Waals surface area contributed by atoms with Crippen LogP contribution in [0, 0.1) is 0 Å². The van der Waals surface area contributed by atoms with E-state index < -0.39 is 0 Å². The highest BCUT2D eigenvalue weighted by atomic mass is 15.4. The molecule has 0 saturated heterocycles. The lowest BCUT2D eigenvalue weighted by Crippen LogP contribution is -2.45. The molecule has 2 aromatic heterocycles. The van der Waals surface area contributed by atoms with Gasteiger partial charge in [0.2, 0.25) is 0 Å². The van der Waals surface area contributed by atoms with Crippen LogP contribution in [0.3, 0.4) is 0 Å². The first-order chi connectivity index (χ1) is 26.8. The fourth-order valence-electron chi connectivity index (χ4n) is 9.71. The number of para-hydroxylation sites is 1. The van der Waals surface area contributed by atoms with Crippen LogP contribution < -0.4 is 0 Å². The quantitative estimate of drug-likeness (QED) is 0.185. The maximum absolute atomic E-state index is 5.43. The molecule has 0 amide bonds. The maximum atomic E-state index is 5.43. The van der Waals surface area contributed by atoms with Crippen molar-refractivity contribution in [1.82, 2.24) is 19.4 Å². The van der Waals surface area contributed by atoms with E-state index in [1.165, 1.54) is 49.4 Å². The smallest absolute Gasteiger partial charge is 0.161 e. The summed E-state index contributed by atoms with van der Waals surface area (Å²) < 4.78 is 2.52. The molecule has 0 saturated carbocycles. The van der Waals surface area contributed by atoms with Crippen molar-refractivity contribution in [3.8, 4) is 11.3 Å². The van der Waals surface area contributed by atoms with Crippen LogP contribution in [0.2, 0.25) is 0 Å². The van der Waals surface area contributed by atoms with E-state index in [9.17, 15) is 0 Å². The van der Waals surface area contributed by atoms with Gasteiger partial charge >= 0.3 is 0 Å². The summed E-state index contributed by atoms with van der Waals surface area (Å²) in [7, 11) is 0. The third-order valence-corrected chi connectivity index (χ3v) is 11.8. The number of aliphatic imine (C=N–C) groups is 2. The fourth-order valence-corrected chi connectivity index (χ4v) is 9.71. The Morgan fingerprint density at radius 2 is 1.33 bits per heavy atom. The molecule has 3 unspecified atom stereocenters. The van der Waals surface area contributed by atoms with Crippen LogP contribution in [-0.2, 0) is 0 Å². The summed E-state index contributed by atoms with van der Waals surface area (Å²) in [4.78, 5) is 23.8. The van der Waals surface area contributed by atoms with Crippen molar-refractivity contribution in [2.45, 2.75) is 24.3 Å². The molecule has 6 nitrogen and oxygen atoms in total. The highest BCUT2D eigenvalue weighted by molar-refractivity contribution is 6.17. The fraction of sp³-hybridized carbons (Fsp3) is 0.0833. The van der Waals surface area contributed by atoms with Crippen LogP contribution in [0.15, 0.2) is 179 Å². The number of hydrogen-bond acceptors (Lipinski definition) is 5. The van der Waals surface area contributed by atoms with Crippen LogP contribution >= 0.6 is 0 Å². The minimum atomic E-state index is -0.294. The Kier molecular flexibility index (Phi) is 6.27. The zero-order valence-electron chi connectivity index (χ0n) is 29.2. The van der Waals surface area contributed by atoms with Crippen LogP contribution in [-0.4, -0.2) is 44.1 Å². The molecule has 0 bridgehead atoms. The summed E-state index contributed by atoms with van der Waals surface area (Å²) in [5.41, 5.74) is 12.0. The predicted molar refractivity (Wildman–Crippen MR) is 220 cm³/mol. The van der Waals surface area contributed by atoms with Gasteiger partial charge in [-0.1, -0.05) is 152 Å². The lowest BCUT2D eigenvalue weighted by atomic mass is 9.82. The monoisotopic (exact) mass is 692 g/mol. The van der Waals surface area contributed by atoms with Crippen LogP contribution in [0.5, 0.6) is 0 Å². The first kappa shape index (κ1) is 29.8. The van der Waals surface area contributed by atoms with Crippen LogP contribution in [0.1, 0.15) is 28.8 Å². The highest BCUT2D eigenvalue weighted by Crippen LogP contribution is 2.56. The summed E-state index contributed by atoms with van der Waals surface area (Å²) in [5.74, 6) is -0.156. The van der Waals surface area contributed by atoms with Crippen molar-refractivity contribution in [1.29, 1.82) is 0 Å². The van der Waals surface area contributed by atoms with Gasteiger partial charge in [-0.3, -0.25) is 9.98 Å². The third kappa shape index (κ3) is 4.08. The van der Waals surface area contributed by atoms with Crippen molar-refractivity contribution in [2.75, 3.05) is 0 Å². The summed E-state index contributed by atoms with van der Waals surface area (Å²) in [6, 6.07) is 48.1. The van der Waals surface area contributed by atoms with Crippen molar-refractivity contribution in [2.24, 2.45) is 9.98 Å². The van der Waals surface area contributed by atoms with Crippen molar-refractivity contribution in [3.05, 3.63) is 186 Å². The number of nitrogens with zero attached hydrogens (tertiary/aromatic N) is 6. The Morgan fingerprint density at radius 3 is 2.11 bits per heavy atom. The second-order valence-corrected chi connectivity index (χ2v) is 14.5. The number of benzene rings is 6. The van der Waals surface area contributed by atoms with E-state index in [1.54, 1.807) is 0 Å². The van der Waals surface area contributed by atoms with Gasteiger partial charge in [-0.15, -0.1) is 0 Å². The number of rotatable bonds is 4. The molecule has 254 valence electrons. The zero-order valence-corrected chi connectivity index (χ0v) is 29.2. The first-order valence-corrected chi connectivity index (χ1v) is 18.6. The second kappa shape index (κ2) is 11.4. The minimum Gasteiger partial charge on any atom is -0.306 e. The van der Waals surface area contributed by atoms with Crippen molar-refractivity contribution >= 4 is 61.6 Å². The SMILES string of the molecule is C1=CC2=C3N=CC=NC3N3C2C(=C1)c1cccc2c4nc(-c5ccccc5)cnc4n(c12)C3C(c1cccc2ccccc12)c1cccc2ccccc12. The van der Waals surface area contributed by atoms with E-state index >= 15 is 0 Å². The van der Waals surface area contributed by atoms with E-state index in [0.29, 0.717) is 0 Å². The predicted octanol–water partition coefficient (Wildman–Crippen LogP) is 10.3. The molecular formula is C48H32N6. The van der Waals surface area contributed by atoms with Crippen LogP contribution in [0.25, 0.3) is 60.4 Å². The molecule has 4 aliphatic rings. The summed E-state index contributed by atoms with van der Waals surface area (Å²) in [6.07, 6.45) is 11.8. The molecule has 5 heterocycles. The Hall–Kier alpha value is -6.76. The van der Waals surface area contributed by atoms with Gasteiger partial charge in [0.15, 0.2) is 5.65 Å². The second-order valence-electron chi connectivity index (χ2n) is 14.5. The zero-order chi connectivity index (χ0) is 35.3. The standard InChI is InChI=1S/C48H32N6/c1-2-14-31(15-3-1)40-28-51-47-43(52-40)39-25-11-23-37-36-22-10-24-38-42-46(50-27-26-49-42)53(44(36)38)48(54(47)45(37)39)41(34-20-8-16-29-12-4-6-18-32(29)34)35-21-9-17-30-13-5-7-19-33(30)35/h1-28,41,44,46,48H. The normalized spacial score (nSPS) is 19.9. The third-order valence-electron chi connectivity index (χ3n) is 11.8. The molecule has 3 atom stereocenters. The molecule has 3 aliphatic heterocycles. The molecular weight excluding hydrogens is 661 g/mol. The minimum absolute atomic E-state index is 0.0723. The number of fused-ring (bicyclic) bond motifs is 8. The molecule has 0 N–H and O–H groups in total. The van der Waals surface area contributed by atoms with E-state index in [0.717, 1.165) is 39.0 Å². The van der Waals surface area contributed by atoms with Gasteiger partial charge in [0.1, 0.15) is 17.8 Å². The Bertz CT molecular complexity index is 2950. The summed E-state index contributed by atoms with van der Waals surface area (Å²) in [6.45, 7) is 0. The van der Waals surface area contributed by atoms with Crippen LogP contribution in [0.4, 0.5) is 0 Å². The molecule has 0 spiro atoms. The number of aromatic nitrogens is 3. The maximum Gasteiger partial charge on any atom is 0.161 e. The molecule has 6 aromatic carbocycles. The summed E-state index contributed by atoms with van der Waals surface area (Å²) >= 11 is 0. The number of allylic oxidation sites excluding steroid dienone is 2. The Labute approximate surface area is 311 Å². The lowest BCUT2D eigenvalue weighted by molar-refractivity contribution is 0.105. The van der Waals surface area contributed by atoms with Gasteiger partial charge in [-0.25, -0.2) is 14.9 Å². The summed E-state index contributed by atoms with van der Waals surface area (Å²) in [5, 5.41) is 5.99. The molecule has 0 radical (unpaired) electrons. The van der Waals surface area contributed by atoms with Gasteiger partial charge in [-0.05, 0) is 43.8 Å². The molecule has 0 fully saturated rings.